The zero-order chi connectivity index (χ0) is 22.3. The summed E-state index contributed by atoms with van der Waals surface area (Å²) in [5.74, 6) is 0.826. The molecule has 2 aromatic rings. The van der Waals surface area contributed by atoms with Crippen LogP contribution in [-0.2, 0) is 9.59 Å². The second kappa shape index (κ2) is 10.5. The highest BCUT2D eigenvalue weighted by molar-refractivity contribution is 6.00. The van der Waals surface area contributed by atoms with E-state index in [1.807, 2.05) is 36.4 Å². The molecule has 2 heterocycles. The van der Waals surface area contributed by atoms with Crippen LogP contribution >= 0.6 is 0 Å². The van der Waals surface area contributed by atoms with E-state index in [-0.39, 0.29) is 17.7 Å². The van der Waals surface area contributed by atoms with Gasteiger partial charge in [0.15, 0.2) is 0 Å². The third-order valence-electron chi connectivity index (χ3n) is 6.37. The summed E-state index contributed by atoms with van der Waals surface area (Å²) in [6.07, 6.45) is 3.31. The van der Waals surface area contributed by atoms with Gasteiger partial charge in [-0.25, -0.2) is 0 Å². The van der Waals surface area contributed by atoms with Crippen LogP contribution in [0.4, 0.5) is 11.4 Å². The van der Waals surface area contributed by atoms with Crippen molar-refractivity contribution in [1.29, 1.82) is 0 Å². The monoisotopic (exact) mass is 436 g/mol. The van der Waals surface area contributed by atoms with Gasteiger partial charge in [0.2, 0.25) is 11.8 Å². The number of rotatable bonds is 8. The first kappa shape index (κ1) is 22.1. The molecule has 0 spiro atoms. The number of hydrogen-bond acceptors (Lipinski definition) is 6. The Hall–Kier alpha value is -3.06. The molecule has 1 atom stereocenters. The molecule has 0 aliphatic carbocycles. The highest BCUT2D eigenvalue weighted by atomic mass is 16.5. The molecule has 2 aliphatic rings. The van der Waals surface area contributed by atoms with E-state index in [0.29, 0.717) is 25.4 Å². The van der Waals surface area contributed by atoms with Crippen LogP contribution in [0.15, 0.2) is 48.5 Å². The Labute approximate surface area is 189 Å². The number of nitrogens with two attached hydrogens (primary N) is 1. The lowest BCUT2D eigenvalue weighted by atomic mass is 9.90. The minimum Gasteiger partial charge on any atom is -0.492 e. The highest BCUT2D eigenvalue weighted by Crippen LogP contribution is 2.26. The average Bonchev–Trinajstić information content (AvgIpc) is 2.80. The molecule has 2 amide bonds. The van der Waals surface area contributed by atoms with Crippen LogP contribution in [0, 0.1) is 5.92 Å². The Bertz CT molecular complexity index is 906. The molecule has 7 heteroatoms. The molecular formula is C25H32N4O3. The van der Waals surface area contributed by atoms with Gasteiger partial charge in [0.05, 0.1) is 5.92 Å². The number of ether oxygens (including phenoxy) is 1. The fraction of sp³-hybridized carbons (Fsp3) is 0.440. The van der Waals surface area contributed by atoms with Crippen LogP contribution in [0.2, 0.25) is 0 Å². The highest BCUT2D eigenvalue weighted by Gasteiger charge is 2.27. The number of anilines is 2. The zero-order valence-electron chi connectivity index (χ0n) is 18.4. The molecule has 0 bridgehead atoms. The van der Waals surface area contributed by atoms with Gasteiger partial charge in [-0.3, -0.25) is 14.9 Å². The van der Waals surface area contributed by atoms with Crippen LogP contribution in [0.25, 0.3) is 0 Å². The van der Waals surface area contributed by atoms with Crippen molar-refractivity contribution in [2.24, 2.45) is 5.92 Å². The van der Waals surface area contributed by atoms with E-state index in [9.17, 15) is 9.59 Å². The summed E-state index contributed by atoms with van der Waals surface area (Å²) in [7, 11) is 0. The number of benzene rings is 2. The first-order valence-corrected chi connectivity index (χ1v) is 11.5. The van der Waals surface area contributed by atoms with Crippen molar-refractivity contribution >= 4 is 23.2 Å². The maximum absolute atomic E-state index is 12.0. The smallest absolute Gasteiger partial charge is 0.234 e. The fourth-order valence-corrected chi connectivity index (χ4v) is 4.44. The molecule has 7 nitrogen and oxygen atoms in total. The first-order valence-electron chi connectivity index (χ1n) is 11.5. The Kier molecular flexibility index (Phi) is 7.27. The van der Waals surface area contributed by atoms with Gasteiger partial charge in [-0.05, 0) is 73.7 Å². The summed E-state index contributed by atoms with van der Waals surface area (Å²) < 4.78 is 5.83. The second-order valence-corrected chi connectivity index (χ2v) is 8.65. The van der Waals surface area contributed by atoms with Crippen LogP contribution in [0.1, 0.15) is 37.2 Å². The van der Waals surface area contributed by atoms with Gasteiger partial charge in [-0.2, -0.15) is 0 Å². The van der Waals surface area contributed by atoms with Crippen molar-refractivity contribution < 1.29 is 14.3 Å². The maximum atomic E-state index is 12.0. The molecule has 0 radical (unpaired) electrons. The molecule has 2 saturated heterocycles. The molecule has 0 aromatic heterocycles. The van der Waals surface area contributed by atoms with Gasteiger partial charge in [0.1, 0.15) is 12.4 Å². The van der Waals surface area contributed by atoms with Gasteiger partial charge in [-0.15, -0.1) is 0 Å². The fourth-order valence-electron chi connectivity index (χ4n) is 4.44. The van der Waals surface area contributed by atoms with E-state index in [4.69, 9.17) is 10.5 Å². The first-order chi connectivity index (χ1) is 15.6. The van der Waals surface area contributed by atoms with Gasteiger partial charge in [0, 0.05) is 37.4 Å². The molecule has 2 aromatic carbocycles. The van der Waals surface area contributed by atoms with Crippen molar-refractivity contribution in [3.05, 3.63) is 54.1 Å². The van der Waals surface area contributed by atoms with Crippen LogP contribution in [-0.4, -0.2) is 44.6 Å². The van der Waals surface area contributed by atoms with Crippen molar-refractivity contribution in [3.63, 3.8) is 0 Å². The SMILES string of the molecule is Nc1ccc(N2CCC(CNCCOc3ccc(C4CCC(=O)NC4=O)cc3)CC2)cc1. The molecular weight excluding hydrogens is 404 g/mol. The van der Waals surface area contributed by atoms with Crippen molar-refractivity contribution in [3.8, 4) is 5.75 Å². The standard InChI is InChI=1S/C25H32N4O3/c26-20-3-5-21(6-4-20)29-14-11-18(12-15-29)17-27-13-16-32-22-7-1-19(2-8-22)23-9-10-24(30)28-25(23)31/h1-8,18,23,27H,9-17,26H2,(H,28,30,31). The summed E-state index contributed by atoms with van der Waals surface area (Å²) in [6, 6.07) is 15.7. The summed E-state index contributed by atoms with van der Waals surface area (Å²) in [6.45, 7) is 4.56. The van der Waals surface area contributed by atoms with Crippen molar-refractivity contribution in [1.82, 2.24) is 10.6 Å². The predicted octanol–water partition coefficient (Wildman–Crippen LogP) is 2.67. The minimum atomic E-state index is -0.255. The Balaban J connectivity index is 1.12. The Morgan fingerprint density at radius 1 is 1.00 bits per heavy atom. The largest absolute Gasteiger partial charge is 0.492 e. The minimum absolute atomic E-state index is 0.189. The number of nitrogens with zero attached hydrogens (tertiary/aromatic N) is 1. The molecule has 4 rings (SSSR count). The summed E-state index contributed by atoms with van der Waals surface area (Å²) in [4.78, 5) is 25.7. The van der Waals surface area contributed by atoms with Gasteiger partial charge < -0.3 is 20.7 Å². The third-order valence-corrected chi connectivity index (χ3v) is 6.37. The van der Waals surface area contributed by atoms with E-state index in [1.165, 1.54) is 18.5 Å². The number of nitrogens with one attached hydrogen (secondary N) is 2. The predicted molar refractivity (Wildman–Crippen MR) is 126 cm³/mol. The number of amides is 2. The lowest BCUT2D eigenvalue weighted by Gasteiger charge is -2.33. The van der Waals surface area contributed by atoms with Gasteiger partial charge in [-0.1, -0.05) is 12.1 Å². The number of carbonyl (C=O) groups is 2. The summed E-state index contributed by atoms with van der Waals surface area (Å²) in [5.41, 5.74) is 8.76. The van der Waals surface area contributed by atoms with Crippen molar-refractivity contribution in [2.75, 3.05) is 43.4 Å². The normalized spacial score (nSPS) is 19.6. The average molecular weight is 437 g/mol. The van der Waals surface area contributed by atoms with Gasteiger partial charge >= 0.3 is 0 Å². The number of carbonyl (C=O) groups excluding carboxylic acids is 2. The molecule has 2 fully saturated rings. The topological polar surface area (TPSA) is 96.7 Å². The van der Waals surface area contributed by atoms with Crippen molar-refractivity contribution in [2.45, 2.75) is 31.6 Å². The molecule has 4 N–H and O–H groups in total. The number of imide groups is 1. The van der Waals surface area contributed by atoms with Gasteiger partial charge in [0.25, 0.3) is 0 Å². The summed E-state index contributed by atoms with van der Waals surface area (Å²) in [5, 5.41) is 5.92. The molecule has 0 saturated carbocycles. The van der Waals surface area contributed by atoms with E-state index >= 15 is 0 Å². The second-order valence-electron chi connectivity index (χ2n) is 8.65. The summed E-state index contributed by atoms with van der Waals surface area (Å²) >= 11 is 0. The van der Waals surface area contributed by atoms with Crippen LogP contribution < -0.4 is 26.0 Å². The van der Waals surface area contributed by atoms with E-state index in [0.717, 1.165) is 43.2 Å². The molecule has 170 valence electrons. The molecule has 2 aliphatic heterocycles. The number of nitrogen functional groups attached to an aromatic ring is 1. The number of piperidine rings is 2. The number of hydrogen-bond donors (Lipinski definition) is 3. The quantitative estimate of drug-likeness (QED) is 0.334. The third kappa shape index (κ3) is 5.79. The van der Waals surface area contributed by atoms with E-state index in [1.54, 1.807) is 0 Å². The van der Waals surface area contributed by atoms with Crippen LogP contribution in [0.3, 0.4) is 0 Å². The maximum Gasteiger partial charge on any atom is 0.234 e. The lowest BCUT2D eigenvalue weighted by molar-refractivity contribution is -0.134. The molecule has 1 unspecified atom stereocenters. The lowest BCUT2D eigenvalue weighted by Crippen LogP contribution is -2.39. The Morgan fingerprint density at radius 2 is 1.72 bits per heavy atom. The van der Waals surface area contributed by atoms with E-state index < -0.39 is 0 Å². The zero-order valence-corrected chi connectivity index (χ0v) is 18.4. The molecule has 32 heavy (non-hydrogen) atoms. The van der Waals surface area contributed by atoms with Crippen LogP contribution in [0.5, 0.6) is 5.75 Å². The van der Waals surface area contributed by atoms with E-state index in [2.05, 4.69) is 27.7 Å². The Morgan fingerprint density at radius 3 is 2.41 bits per heavy atom.